The normalized spacial score (nSPS) is 12.1. The minimum Gasteiger partial charge on any atom is -0.325 e. The molecule has 2 aromatic carbocycles. The van der Waals surface area contributed by atoms with Gasteiger partial charge in [-0.1, -0.05) is 30.0 Å². The first-order chi connectivity index (χ1) is 11.9. The van der Waals surface area contributed by atoms with Gasteiger partial charge in [-0.25, -0.2) is 9.37 Å². The van der Waals surface area contributed by atoms with Crippen molar-refractivity contribution < 1.29 is 9.18 Å². The Bertz CT molecular complexity index is 1000. The molecule has 7 heteroatoms. The highest BCUT2D eigenvalue weighted by Crippen LogP contribution is 2.22. The van der Waals surface area contributed by atoms with E-state index in [0.717, 1.165) is 11.8 Å². The lowest BCUT2D eigenvalue weighted by molar-refractivity contribution is -0.115. The fraction of sp³-hybridized carbons (Fsp3) is 0.167. The van der Waals surface area contributed by atoms with Gasteiger partial charge in [-0.15, -0.1) is 0 Å². The Morgan fingerprint density at radius 1 is 1.28 bits per heavy atom. The number of benzene rings is 2. The maximum atomic E-state index is 13.6. The van der Waals surface area contributed by atoms with Gasteiger partial charge in [0.25, 0.3) is 5.56 Å². The van der Waals surface area contributed by atoms with Crippen molar-refractivity contribution in [2.24, 2.45) is 0 Å². The van der Waals surface area contributed by atoms with Crippen molar-refractivity contribution >= 4 is 34.3 Å². The maximum Gasteiger partial charge on any atom is 0.259 e. The number of aromatic amines is 1. The van der Waals surface area contributed by atoms with Gasteiger partial charge in [0.05, 0.1) is 16.2 Å². The van der Waals surface area contributed by atoms with Crippen LogP contribution in [0.4, 0.5) is 10.1 Å². The van der Waals surface area contributed by atoms with Crippen LogP contribution in [0.1, 0.15) is 12.5 Å². The highest BCUT2D eigenvalue weighted by Gasteiger charge is 2.17. The summed E-state index contributed by atoms with van der Waals surface area (Å²) in [4.78, 5) is 31.4. The first-order valence-electron chi connectivity index (χ1n) is 7.67. The molecule has 0 radical (unpaired) electrons. The van der Waals surface area contributed by atoms with Crippen molar-refractivity contribution in [1.29, 1.82) is 0 Å². The monoisotopic (exact) mass is 357 g/mol. The number of thioether (sulfide) groups is 1. The molecule has 5 nitrogen and oxygen atoms in total. The average Bonchev–Trinajstić information content (AvgIpc) is 2.58. The van der Waals surface area contributed by atoms with Gasteiger partial charge in [0.1, 0.15) is 5.82 Å². The highest BCUT2D eigenvalue weighted by atomic mass is 32.2. The van der Waals surface area contributed by atoms with E-state index in [4.69, 9.17) is 0 Å². The van der Waals surface area contributed by atoms with E-state index in [2.05, 4.69) is 15.3 Å². The van der Waals surface area contributed by atoms with Crippen LogP contribution in [-0.4, -0.2) is 21.1 Å². The van der Waals surface area contributed by atoms with Gasteiger partial charge in [0.15, 0.2) is 5.16 Å². The summed E-state index contributed by atoms with van der Waals surface area (Å²) in [5.74, 6) is -0.678. The predicted octanol–water partition coefficient (Wildman–Crippen LogP) is 3.49. The van der Waals surface area contributed by atoms with E-state index in [0.29, 0.717) is 27.3 Å². The summed E-state index contributed by atoms with van der Waals surface area (Å²) in [5.41, 5.74) is 1.22. The second-order valence-electron chi connectivity index (χ2n) is 5.60. The van der Waals surface area contributed by atoms with Gasteiger partial charge < -0.3 is 10.3 Å². The van der Waals surface area contributed by atoms with Gasteiger partial charge in [-0.2, -0.15) is 0 Å². The molecule has 0 fully saturated rings. The minimum atomic E-state index is -0.520. The molecule has 128 valence electrons. The molecule has 1 unspecified atom stereocenters. The summed E-state index contributed by atoms with van der Waals surface area (Å²) in [5, 5.41) is 3.00. The Hall–Kier alpha value is -2.67. The Morgan fingerprint density at radius 3 is 2.80 bits per heavy atom. The number of carbonyl (C=O) groups is 1. The third kappa shape index (κ3) is 3.88. The fourth-order valence-electron chi connectivity index (χ4n) is 2.26. The number of aryl methyl sites for hydroxylation is 1. The molecule has 25 heavy (non-hydrogen) atoms. The second-order valence-corrected chi connectivity index (χ2v) is 6.93. The Kier molecular flexibility index (Phi) is 4.85. The molecule has 2 N–H and O–H groups in total. The molecular weight excluding hydrogens is 341 g/mol. The average molecular weight is 357 g/mol. The predicted molar refractivity (Wildman–Crippen MR) is 97.4 cm³/mol. The summed E-state index contributed by atoms with van der Waals surface area (Å²) < 4.78 is 13.6. The van der Waals surface area contributed by atoms with Crippen molar-refractivity contribution in [2.75, 3.05) is 5.32 Å². The lowest BCUT2D eigenvalue weighted by Gasteiger charge is -2.12. The van der Waals surface area contributed by atoms with Gasteiger partial charge in [0, 0.05) is 5.69 Å². The van der Waals surface area contributed by atoms with Crippen molar-refractivity contribution in [3.05, 3.63) is 64.2 Å². The summed E-state index contributed by atoms with van der Waals surface area (Å²) in [6.45, 7) is 3.35. The summed E-state index contributed by atoms with van der Waals surface area (Å²) in [6, 6.07) is 11.5. The van der Waals surface area contributed by atoms with E-state index < -0.39 is 5.25 Å². The summed E-state index contributed by atoms with van der Waals surface area (Å²) >= 11 is 1.13. The van der Waals surface area contributed by atoms with Crippen LogP contribution in [0, 0.1) is 12.7 Å². The quantitative estimate of drug-likeness (QED) is 0.554. The zero-order valence-corrected chi connectivity index (χ0v) is 14.5. The molecule has 0 saturated heterocycles. The van der Waals surface area contributed by atoms with Crippen molar-refractivity contribution in [1.82, 2.24) is 9.97 Å². The molecule has 0 bridgehead atoms. The van der Waals surface area contributed by atoms with E-state index >= 15 is 0 Å². The number of fused-ring (bicyclic) bond motifs is 1. The van der Waals surface area contributed by atoms with Crippen molar-refractivity contribution in [2.45, 2.75) is 24.3 Å². The third-order valence-electron chi connectivity index (χ3n) is 3.69. The van der Waals surface area contributed by atoms with Crippen LogP contribution in [0.15, 0.2) is 52.4 Å². The van der Waals surface area contributed by atoms with E-state index in [9.17, 15) is 14.0 Å². The SMILES string of the molecule is Cc1ccc(NC(=O)C(C)Sc2nc3ccccc3c(=O)[nH]2)cc1F. The fourth-order valence-corrected chi connectivity index (χ4v) is 3.06. The molecular formula is C18H16FN3O2S. The van der Waals surface area contributed by atoms with Crippen LogP contribution in [0.5, 0.6) is 0 Å². The number of hydrogen-bond acceptors (Lipinski definition) is 4. The van der Waals surface area contributed by atoms with Gasteiger partial charge in [-0.05, 0) is 43.7 Å². The zero-order chi connectivity index (χ0) is 18.0. The molecule has 0 aliphatic heterocycles. The molecule has 3 aromatic rings. The highest BCUT2D eigenvalue weighted by molar-refractivity contribution is 8.00. The number of halogens is 1. The van der Waals surface area contributed by atoms with Crippen molar-refractivity contribution in [3.63, 3.8) is 0 Å². The molecule has 1 heterocycles. The molecule has 0 aliphatic rings. The molecule has 3 rings (SSSR count). The van der Waals surface area contributed by atoms with Crippen LogP contribution in [0.2, 0.25) is 0 Å². The number of nitrogens with one attached hydrogen (secondary N) is 2. The molecule has 1 aromatic heterocycles. The summed E-state index contributed by atoms with van der Waals surface area (Å²) in [6.07, 6.45) is 0. The van der Waals surface area contributed by atoms with Gasteiger partial charge >= 0.3 is 0 Å². The Labute approximate surface area is 147 Å². The number of rotatable bonds is 4. The Balaban J connectivity index is 1.75. The molecule has 0 saturated carbocycles. The zero-order valence-electron chi connectivity index (χ0n) is 13.7. The lowest BCUT2D eigenvalue weighted by Crippen LogP contribution is -2.23. The number of nitrogens with zero attached hydrogens (tertiary/aromatic N) is 1. The number of hydrogen-bond donors (Lipinski definition) is 2. The number of aromatic nitrogens is 2. The minimum absolute atomic E-state index is 0.249. The maximum absolute atomic E-state index is 13.6. The number of carbonyl (C=O) groups excluding carboxylic acids is 1. The van der Waals surface area contributed by atoms with E-state index in [1.54, 1.807) is 50.2 Å². The lowest BCUT2D eigenvalue weighted by atomic mass is 10.2. The Morgan fingerprint density at radius 2 is 2.04 bits per heavy atom. The second kappa shape index (κ2) is 7.06. The number of para-hydroxylation sites is 1. The van der Waals surface area contributed by atoms with Crippen LogP contribution < -0.4 is 10.9 Å². The largest absolute Gasteiger partial charge is 0.325 e. The van der Waals surface area contributed by atoms with E-state index in [1.165, 1.54) is 6.07 Å². The smallest absolute Gasteiger partial charge is 0.259 e. The molecule has 0 spiro atoms. The number of amides is 1. The molecule has 1 amide bonds. The number of anilines is 1. The number of H-pyrrole nitrogens is 1. The van der Waals surface area contributed by atoms with E-state index in [1.807, 2.05) is 0 Å². The topological polar surface area (TPSA) is 74.8 Å². The van der Waals surface area contributed by atoms with Crippen molar-refractivity contribution in [3.8, 4) is 0 Å². The third-order valence-corrected chi connectivity index (χ3v) is 4.67. The van der Waals surface area contributed by atoms with Crippen LogP contribution in [-0.2, 0) is 4.79 Å². The standard InChI is InChI=1S/C18H16FN3O2S/c1-10-7-8-12(9-14(10)19)20-16(23)11(2)25-18-21-15-6-4-3-5-13(15)17(24)22-18/h3-9,11H,1-2H3,(H,20,23)(H,21,22,24). The first kappa shape index (κ1) is 17.2. The van der Waals surface area contributed by atoms with Crippen LogP contribution in [0.25, 0.3) is 10.9 Å². The first-order valence-corrected chi connectivity index (χ1v) is 8.55. The van der Waals surface area contributed by atoms with E-state index in [-0.39, 0.29) is 17.3 Å². The summed E-state index contributed by atoms with van der Waals surface area (Å²) in [7, 11) is 0. The molecule has 0 aliphatic carbocycles. The molecule has 1 atom stereocenters. The van der Waals surface area contributed by atoms with Crippen LogP contribution in [0.3, 0.4) is 0 Å². The van der Waals surface area contributed by atoms with Crippen LogP contribution >= 0.6 is 11.8 Å². The van der Waals surface area contributed by atoms with Gasteiger partial charge in [-0.3, -0.25) is 9.59 Å². The van der Waals surface area contributed by atoms with Gasteiger partial charge in [0.2, 0.25) is 5.91 Å².